The lowest BCUT2D eigenvalue weighted by atomic mass is 10.1. The van der Waals surface area contributed by atoms with Crippen LogP contribution >= 0.6 is 0 Å². The number of aromatic nitrogens is 3. The van der Waals surface area contributed by atoms with E-state index in [4.69, 9.17) is 9.47 Å². The number of hydrogen-bond donors (Lipinski definition) is 1. The minimum absolute atomic E-state index is 0.0562. The number of ether oxygens (including phenoxy) is 2. The molecule has 0 atom stereocenters. The number of H-pyrrole nitrogens is 1. The highest BCUT2D eigenvalue weighted by Gasteiger charge is 2.30. The van der Waals surface area contributed by atoms with E-state index in [1.54, 1.807) is 24.3 Å². The van der Waals surface area contributed by atoms with Crippen molar-refractivity contribution in [2.24, 2.45) is 5.92 Å². The van der Waals surface area contributed by atoms with Crippen molar-refractivity contribution >= 4 is 0 Å². The van der Waals surface area contributed by atoms with Crippen LogP contribution in [0.25, 0.3) is 11.3 Å². The predicted octanol–water partition coefficient (Wildman–Crippen LogP) is 4.73. The van der Waals surface area contributed by atoms with Gasteiger partial charge in [-0.2, -0.15) is 18.4 Å². The van der Waals surface area contributed by atoms with Crippen molar-refractivity contribution in [3.05, 3.63) is 59.3 Å². The molecule has 4 rings (SSSR count). The molecule has 1 aliphatic carbocycles. The zero-order chi connectivity index (χ0) is 21.1. The topological polar surface area (TPSA) is 83.8 Å². The SMILES string of the molecule is N#Cc1[nH]nnc1-c1cc(OCc2cccc(C(F)(F)F)c2)cc(OCC2CC2)c1. The fraction of sp³-hybridized carbons (Fsp3) is 0.286. The van der Waals surface area contributed by atoms with Gasteiger partial charge in [0.1, 0.15) is 29.9 Å². The van der Waals surface area contributed by atoms with Crippen LogP contribution in [0.15, 0.2) is 42.5 Å². The van der Waals surface area contributed by atoms with Crippen LogP contribution in [0.5, 0.6) is 11.5 Å². The largest absolute Gasteiger partial charge is 0.493 e. The standard InChI is InChI=1S/C21H17F3N4O2/c22-21(23,24)16-3-1-2-14(6-16)12-30-18-8-15(20-19(10-25)26-28-27-20)7-17(9-18)29-11-13-4-5-13/h1-3,6-9,13H,4-5,11-12H2,(H,26,27,28). The van der Waals surface area contributed by atoms with E-state index in [-0.39, 0.29) is 12.3 Å². The van der Waals surface area contributed by atoms with Gasteiger partial charge in [-0.1, -0.05) is 17.3 Å². The van der Waals surface area contributed by atoms with Gasteiger partial charge < -0.3 is 9.47 Å². The van der Waals surface area contributed by atoms with Crippen LogP contribution < -0.4 is 9.47 Å². The van der Waals surface area contributed by atoms with Crippen molar-refractivity contribution in [2.45, 2.75) is 25.6 Å². The van der Waals surface area contributed by atoms with E-state index in [1.807, 2.05) is 6.07 Å². The summed E-state index contributed by atoms with van der Waals surface area (Å²) in [4.78, 5) is 0. The number of halogens is 3. The summed E-state index contributed by atoms with van der Waals surface area (Å²) in [5.74, 6) is 1.46. The van der Waals surface area contributed by atoms with Crippen LogP contribution in [0.1, 0.15) is 29.7 Å². The number of hydrogen-bond acceptors (Lipinski definition) is 5. The highest BCUT2D eigenvalue weighted by Crippen LogP contribution is 2.34. The summed E-state index contributed by atoms with van der Waals surface area (Å²) in [7, 11) is 0. The third-order valence-corrected chi connectivity index (χ3v) is 4.66. The predicted molar refractivity (Wildman–Crippen MR) is 101 cm³/mol. The van der Waals surface area contributed by atoms with E-state index in [0.717, 1.165) is 25.0 Å². The molecule has 0 unspecified atom stereocenters. The van der Waals surface area contributed by atoms with Gasteiger partial charge in [0.05, 0.1) is 12.2 Å². The van der Waals surface area contributed by atoms with E-state index in [1.165, 1.54) is 6.07 Å². The Labute approximate surface area is 170 Å². The number of nitrogens with one attached hydrogen (secondary N) is 1. The molecule has 6 nitrogen and oxygen atoms in total. The van der Waals surface area contributed by atoms with Crippen LogP contribution in [-0.4, -0.2) is 22.0 Å². The van der Waals surface area contributed by atoms with Crippen LogP contribution in [0.3, 0.4) is 0 Å². The smallest absolute Gasteiger partial charge is 0.416 e. The number of alkyl halides is 3. The second-order valence-corrected chi connectivity index (χ2v) is 7.08. The van der Waals surface area contributed by atoms with Crippen molar-refractivity contribution < 1.29 is 22.6 Å². The molecule has 0 aliphatic heterocycles. The number of nitriles is 1. The van der Waals surface area contributed by atoms with Gasteiger partial charge in [-0.15, -0.1) is 5.10 Å². The second kappa shape index (κ2) is 8.06. The first-order valence-corrected chi connectivity index (χ1v) is 9.31. The maximum absolute atomic E-state index is 12.9. The molecule has 1 aliphatic rings. The van der Waals surface area contributed by atoms with Crippen LogP contribution in [0.2, 0.25) is 0 Å². The Bertz CT molecular complexity index is 1080. The minimum atomic E-state index is -4.42. The van der Waals surface area contributed by atoms with Crippen molar-refractivity contribution in [3.63, 3.8) is 0 Å². The molecule has 1 fully saturated rings. The lowest BCUT2D eigenvalue weighted by Crippen LogP contribution is -2.06. The third-order valence-electron chi connectivity index (χ3n) is 4.66. The molecule has 154 valence electrons. The fourth-order valence-corrected chi connectivity index (χ4v) is 2.89. The molecule has 9 heteroatoms. The Morgan fingerprint density at radius 2 is 1.87 bits per heavy atom. The van der Waals surface area contributed by atoms with Gasteiger partial charge in [0, 0.05) is 11.6 Å². The van der Waals surface area contributed by atoms with Crippen molar-refractivity contribution in [1.29, 1.82) is 5.26 Å². The van der Waals surface area contributed by atoms with E-state index in [9.17, 15) is 18.4 Å². The monoisotopic (exact) mass is 414 g/mol. The maximum atomic E-state index is 12.9. The first-order valence-electron chi connectivity index (χ1n) is 9.31. The average Bonchev–Trinajstić information content (AvgIpc) is 3.44. The van der Waals surface area contributed by atoms with Gasteiger partial charge in [0.15, 0.2) is 5.69 Å². The Kier molecular flexibility index (Phi) is 5.31. The van der Waals surface area contributed by atoms with Gasteiger partial charge in [-0.3, -0.25) is 0 Å². The van der Waals surface area contributed by atoms with Crippen LogP contribution in [0, 0.1) is 17.2 Å². The number of nitrogens with zero attached hydrogens (tertiary/aromatic N) is 3. The summed E-state index contributed by atoms with van der Waals surface area (Å²) in [5.41, 5.74) is 0.756. The van der Waals surface area contributed by atoms with Crippen molar-refractivity contribution in [1.82, 2.24) is 15.4 Å². The molecule has 1 heterocycles. The first-order chi connectivity index (χ1) is 14.4. The Balaban J connectivity index is 1.58. The normalized spacial score (nSPS) is 13.7. The van der Waals surface area contributed by atoms with Crippen molar-refractivity contribution in [2.75, 3.05) is 6.61 Å². The summed E-state index contributed by atoms with van der Waals surface area (Å²) >= 11 is 0. The first kappa shape index (κ1) is 19.8. The highest BCUT2D eigenvalue weighted by molar-refractivity contribution is 5.67. The Morgan fingerprint density at radius 3 is 2.57 bits per heavy atom. The Morgan fingerprint density at radius 1 is 1.10 bits per heavy atom. The molecule has 30 heavy (non-hydrogen) atoms. The van der Waals surface area contributed by atoms with E-state index in [0.29, 0.717) is 40.8 Å². The van der Waals surface area contributed by atoms with E-state index >= 15 is 0 Å². The minimum Gasteiger partial charge on any atom is -0.493 e. The fourth-order valence-electron chi connectivity index (χ4n) is 2.89. The summed E-state index contributed by atoms with van der Waals surface area (Å²) in [5, 5.41) is 19.3. The molecule has 1 saturated carbocycles. The van der Waals surface area contributed by atoms with Gasteiger partial charge in [-0.05, 0) is 48.6 Å². The molecular formula is C21H17F3N4O2. The highest BCUT2D eigenvalue weighted by atomic mass is 19.4. The third kappa shape index (κ3) is 4.71. The molecule has 1 N–H and O–H groups in total. The average molecular weight is 414 g/mol. The van der Waals surface area contributed by atoms with Gasteiger partial charge in [-0.25, -0.2) is 5.10 Å². The number of aromatic amines is 1. The summed E-state index contributed by atoms with van der Waals surface area (Å²) in [6, 6.07) is 12.0. The van der Waals surface area contributed by atoms with Gasteiger partial charge in [0.25, 0.3) is 0 Å². The molecule has 2 aromatic carbocycles. The molecular weight excluding hydrogens is 397 g/mol. The van der Waals surface area contributed by atoms with Gasteiger partial charge in [0.2, 0.25) is 0 Å². The lowest BCUT2D eigenvalue weighted by molar-refractivity contribution is -0.137. The summed E-state index contributed by atoms with van der Waals surface area (Å²) in [6.07, 6.45) is -2.17. The number of benzene rings is 2. The number of rotatable bonds is 7. The van der Waals surface area contributed by atoms with Crippen LogP contribution in [-0.2, 0) is 12.8 Å². The lowest BCUT2D eigenvalue weighted by Gasteiger charge is -2.13. The zero-order valence-electron chi connectivity index (χ0n) is 15.7. The van der Waals surface area contributed by atoms with Crippen molar-refractivity contribution in [3.8, 4) is 28.8 Å². The summed E-state index contributed by atoms with van der Waals surface area (Å²) < 4.78 is 50.3. The molecule has 3 aromatic rings. The molecule has 1 aromatic heterocycles. The van der Waals surface area contributed by atoms with Gasteiger partial charge >= 0.3 is 6.18 Å². The molecule has 0 spiro atoms. The van der Waals surface area contributed by atoms with E-state index in [2.05, 4.69) is 15.4 Å². The second-order valence-electron chi connectivity index (χ2n) is 7.08. The summed E-state index contributed by atoms with van der Waals surface area (Å²) in [6.45, 7) is 0.514. The molecule has 0 radical (unpaired) electrons. The quantitative estimate of drug-likeness (QED) is 0.604. The Hall–Kier alpha value is -3.54. The molecule has 0 amide bonds. The molecule has 0 saturated heterocycles. The maximum Gasteiger partial charge on any atom is 0.416 e. The molecule has 0 bridgehead atoms. The van der Waals surface area contributed by atoms with E-state index < -0.39 is 11.7 Å². The zero-order valence-corrected chi connectivity index (χ0v) is 15.7. The van der Waals surface area contributed by atoms with Crippen LogP contribution in [0.4, 0.5) is 13.2 Å².